The minimum atomic E-state index is -1.46. The summed E-state index contributed by atoms with van der Waals surface area (Å²) in [6.45, 7) is 4.90. The van der Waals surface area contributed by atoms with Gasteiger partial charge in [0.15, 0.2) is 0 Å². The number of hydrogen-bond donors (Lipinski definition) is 0. The van der Waals surface area contributed by atoms with Crippen molar-refractivity contribution in [2.45, 2.75) is 24.4 Å². The lowest BCUT2D eigenvalue weighted by Gasteiger charge is -2.26. The first kappa shape index (κ1) is 11.7. The van der Waals surface area contributed by atoms with E-state index in [2.05, 4.69) is 61.8 Å². The summed E-state index contributed by atoms with van der Waals surface area (Å²) in [6.07, 6.45) is 10.3. The molecule has 0 spiro atoms. The highest BCUT2D eigenvalue weighted by molar-refractivity contribution is 7.98. The van der Waals surface area contributed by atoms with Crippen LogP contribution in [0.4, 0.5) is 0 Å². The second-order valence-electron chi connectivity index (χ2n) is 4.62. The summed E-state index contributed by atoms with van der Waals surface area (Å²) in [4.78, 5) is 1.44. The Bertz CT molecular complexity index is 444. The predicted molar refractivity (Wildman–Crippen MR) is 77.2 cm³/mol. The normalized spacial score (nSPS) is 15.3. The zero-order chi connectivity index (χ0) is 11.6. The minimum Gasteiger partial charge on any atom is -0.130 e. The largest absolute Gasteiger partial charge is 0.130 e. The number of rotatable bonds is 3. The third-order valence-electron chi connectivity index (χ3n) is 3.27. The third-order valence-corrected chi connectivity index (χ3v) is 7.85. The minimum absolute atomic E-state index is 1.12. The molecule has 0 N–H and O–H groups in total. The highest BCUT2D eigenvalue weighted by Gasteiger charge is 2.29. The molecule has 0 aliphatic heterocycles. The molecule has 0 saturated carbocycles. The van der Waals surface area contributed by atoms with Gasteiger partial charge in [0.1, 0.15) is 8.07 Å². The molecular formula is C14H18SSi. The topological polar surface area (TPSA) is 0 Å². The van der Waals surface area contributed by atoms with Crippen molar-refractivity contribution >= 4 is 25.0 Å². The van der Waals surface area contributed by atoms with Crippen molar-refractivity contribution in [1.82, 2.24) is 0 Å². The molecule has 2 rings (SSSR count). The maximum Gasteiger partial charge on any atom is 0.113 e. The lowest BCUT2D eigenvalue weighted by Crippen LogP contribution is -2.44. The maximum atomic E-state index is 2.45. The Hall–Kier alpha value is -0.733. The van der Waals surface area contributed by atoms with Gasteiger partial charge in [-0.15, -0.1) is 11.8 Å². The summed E-state index contributed by atoms with van der Waals surface area (Å²) >= 11 is 1.86. The molecule has 1 aromatic rings. The number of thioether (sulfide) groups is 1. The number of benzene rings is 1. The van der Waals surface area contributed by atoms with Crippen LogP contribution in [0.25, 0.3) is 0 Å². The molecule has 0 fully saturated rings. The summed E-state index contributed by atoms with van der Waals surface area (Å²) < 4.78 is 0. The van der Waals surface area contributed by atoms with Gasteiger partial charge in [-0.1, -0.05) is 54.7 Å². The Balaban J connectivity index is 2.46. The first-order chi connectivity index (χ1) is 7.66. The molecule has 0 unspecified atom stereocenters. The van der Waals surface area contributed by atoms with Crippen LogP contribution in [-0.2, 0) is 0 Å². The van der Waals surface area contributed by atoms with Gasteiger partial charge in [0.2, 0.25) is 0 Å². The Labute approximate surface area is 103 Å². The lowest BCUT2D eigenvalue weighted by molar-refractivity contribution is 1.44. The van der Waals surface area contributed by atoms with Gasteiger partial charge in [-0.25, -0.2) is 0 Å². The Morgan fingerprint density at radius 3 is 2.56 bits per heavy atom. The standard InChI is InChI=1S/C14H18SSi/c1-15-13-10-6-7-11-14(13)16(2,3)12-8-4-5-9-12/h4,6-11H,5H2,1-3H3. The zero-order valence-electron chi connectivity index (χ0n) is 10.2. The van der Waals surface area contributed by atoms with Crippen molar-refractivity contribution in [3.63, 3.8) is 0 Å². The highest BCUT2D eigenvalue weighted by Crippen LogP contribution is 2.25. The van der Waals surface area contributed by atoms with Crippen LogP contribution >= 0.6 is 11.8 Å². The van der Waals surface area contributed by atoms with Gasteiger partial charge < -0.3 is 0 Å². The van der Waals surface area contributed by atoms with E-state index < -0.39 is 8.07 Å². The Morgan fingerprint density at radius 2 is 1.94 bits per heavy atom. The van der Waals surface area contributed by atoms with Crippen LogP contribution < -0.4 is 5.19 Å². The first-order valence-corrected chi connectivity index (χ1v) is 9.89. The van der Waals surface area contributed by atoms with E-state index in [-0.39, 0.29) is 0 Å². The highest BCUT2D eigenvalue weighted by atomic mass is 32.2. The van der Waals surface area contributed by atoms with Crippen molar-refractivity contribution in [3.05, 3.63) is 47.7 Å². The molecule has 0 aromatic heterocycles. The van der Waals surface area contributed by atoms with Gasteiger partial charge in [0.25, 0.3) is 0 Å². The molecule has 1 aromatic carbocycles. The van der Waals surface area contributed by atoms with E-state index in [1.807, 2.05) is 11.8 Å². The fourth-order valence-corrected chi connectivity index (χ4v) is 6.50. The molecule has 0 atom stereocenters. The lowest BCUT2D eigenvalue weighted by atomic mass is 10.4. The van der Waals surface area contributed by atoms with E-state index >= 15 is 0 Å². The SMILES string of the molecule is CSc1ccccc1[Si](C)(C)C1=CCC=C1. The van der Waals surface area contributed by atoms with Crippen LogP contribution in [0.2, 0.25) is 13.1 Å². The summed E-state index contributed by atoms with van der Waals surface area (Å²) in [5.41, 5.74) is 0. The van der Waals surface area contributed by atoms with Gasteiger partial charge in [-0.2, -0.15) is 0 Å². The number of allylic oxidation sites excluding steroid dienone is 4. The molecule has 0 bridgehead atoms. The van der Waals surface area contributed by atoms with Crippen molar-refractivity contribution < 1.29 is 0 Å². The molecule has 0 radical (unpaired) electrons. The molecule has 1 aliphatic rings. The molecule has 0 saturated heterocycles. The van der Waals surface area contributed by atoms with E-state index in [9.17, 15) is 0 Å². The molecule has 2 heteroatoms. The molecule has 0 amide bonds. The summed E-state index contributed by atoms with van der Waals surface area (Å²) in [5, 5.41) is 3.15. The van der Waals surface area contributed by atoms with Crippen molar-refractivity contribution in [1.29, 1.82) is 0 Å². The second-order valence-corrected chi connectivity index (χ2v) is 9.84. The van der Waals surface area contributed by atoms with E-state index in [0.29, 0.717) is 0 Å². The van der Waals surface area contributed by atoms with Crippen LogP contribution in [0, 0.1) is 0 Å². The Morgan fingerprint density at radius 1 is 1.19 bits per heavy atom. The number of hydrogen-bond acceptors (Lipinski definition) is 1. The van der Waals surface area contributed by atoms with Gasteiger partial charge in [-0.3, -0.25) is 0 Å². The van der Waals surface area contributed by atoms with Gasteiger partial charge in [-0.05, 0) is 23.9 Å². The first-order valence-electron chi connectivity index (χ1n) is 5.67. The van der Waals surface area contributed by atoms with Crippen LogP contribution in [0.3, 0.4) is 0 Å². The fourth-order valence-electron chi connectivity index (χ4n) is 2.24. The molecule has 0 nitrogen and oxygen atoms in total. The summed E-state index contributed by atoms with van der Waals surface area (Å²) in [6, 6.07) is 8.86. The van der Waals surface area contributed by atoms with E-state index in [4.69, 9.17) is 0 Å². The van der Waals surface area contributed by atoms with E-state index in [1.54, 1.807) is 10.4 Å². The predicted octanol–water partition coefficient (Wildman–Crippen LogP) is 3.75. The third kappa shape index (κ3) is 2.04. The van der Waals surface area contributed by atoms with Gasteiger partial charge >= 0.3 is 0 Å². The monoisotopic (exact) mass is 246 g/mol. The zero-order valence-corrected chi connectivity index (χ0v) is 12.0. The summed E-state index contributed by atoms with van der Waals surface area (Å²) in [7, 11) is -1.46. The van der Waals surface area contributed by atoms with Crippen LogP contribution in [0.5, 0.6) is 0 Å². The van der Waals surface area contributed by atoms with Crippen LogP contribution in [0.15, 0.2) is 52.6 Å². The summed E-state index contributed by atoms with van der Waals surface area (Å²) in [5.74, 6) is 0. The van der Waals surface area contributed by atoms with Gasteiger partial charge in [0.05, 0.1) is 0 Å². The quantitative estimate of drug-likeness (QED) is 0.578. The maximum absolute atomic E-state index is 2.45. The smallest absolute Gasteiger partial charge is 0.113 e. The Kier molecular flexibility index (Phi) is 3.40. The molecule has 0 heterocycles. The molecule has 84 valence electrons. The molecular weight excluding hydrogens is 228 g/mol. The van der Waals surface area contributed by atoms with Crippen molar-refractivity contribution in [2.24, 2.45) is 0 Å². The second kappa shape index (κ2) is 4.64. The molecule has 1 aliphatic carbocycles. The van der Waals surface area contributed by atoms with Crippen molar-refractivity contribution in [2.75, 3.05) is 6.26 Å². The average Bonchev–Trinajstić information content (AvgIpc) is 2.83. The average molecular weight is 246 g/mol. The van der Waals surface area contributed by atoms with Gasteiger partial charge in [0, 0.05) is 4.90 Å². The van der Waals surface area contributed by atoms with E-state index in [1.165, 1.54) is 4.90 Å². The van der Waals surface area contributed by atoms with Crippen LogP contribution in [0.1, 0.15) is 6.42 Å². The fraction of sp³-hybridized carbons (Fsp3) is 0.286. The van der Waals surface area contributed by atoms with E-state index in [0.717, 1.165) is 6.42 Å². The van der Waals surface area contributed by atoms with Crippen LogP contribution in [-0.4, -0.2) is 14.3 Å². The molecule has 16 heavy (non-hydrogen) atoms. The van der Waals surface area contributed by atoms with Crippen molar-refractivity contribution in [3.8, 4) is 0 Å².